The highest BCUT2D eigenvalue weighted by atomic mass is 32.2. The molecule has 5 nitrogen and oxygen atoms in total. The Hall–Kier alpha value is -2.60. The van der Waals surface area contributed by atoms with Crippen LogP contribution < -0.4 is 5.32 Å². The maximum Gasteiger partial charge on any atom is 0.223 e. The summed E-state index contributed by atoms with van der Waals surface area (Å²) in [5.74, 6) is 1.88. The van der Waals surface area contributed by atoms with Crippen LogP contribution in [0.4, 0.5) is 0 Å². The van der Waals surface area contributed by atoms with E-state index in [1.54, 1.807) is 11.8 Å². The molecule has 1 aliphatic carbocycles. The number of carbonyl (C=O) groups is 1. The number of rotatable bonds is 7. The number of nitrogens with one attached hydrogen (secondary N) is 1. The zero-order valence-electron chi connectivity index (χ0n) is 16.2. The van der Waals surface area contributed by atoms with Gasteiger partial charge in [0.25, 0.3) is 0 Å². The molecule has 0 radical (unpaired) electrons. The standard InChI is InChI=1S/C22H24N4OS/c1-15-6-10-19(11-7-15)26-20(13-23-21(27)18-8-9-18)24-25-22(26)28-14-17-5-3-4-16(2)12-17/h3-7,10-12,18H,8-9,13-14H2,1-2H3,(H,23,27). The molecule has 1 aromatic heterocycles. The van der Waals surface area contributed by atoms with Gasteiger partial charge in [0.1, 0.15) is 0 Å². The van der Waals surface area contributed by atoms with Crippen LogP contribution >= 0.6 is 11.8 Å². The fourth-order valence-electron chi connectivity index (χ4n) is 3.07. The monoisotopic (exact) mass is 392 g/mol. The lowest BCUT2D eigenvalue weighted by Crippen LogP contribution is -2.25. The van der Waals surface area contributed by atoms with Crippen molar-refractivity contribution in [2.75, 3.05) is 0 Å². The lowest BCUT2D eigenvalue weighted by atomic mass is 10.2. The molecule has 1 fully saturated rings. The van der Waals surface area contributed by atoms with Gasteiger partial charge in [-0.2, -0.15) is 0 Å². The molecule has 0 aliphatic heterocycles. The molecule has 3 aromatic rings. The van der Waals surface area contributed by atoms with E-state index in [0.717, 1.165) is 35.3 Å². The lowest BCUT2D eigenvalue weighted by Gasteiger charge is -2.11. The van der Waals surface area contributed by atoms with Crippen LogP contribution in [0.1, 0.15) is 35.4 Å². The number of hydrogen-bond acceptors (Lipinski definition) is 4. The maximum atomic E-state index is 12.0. The Morgan fingerprint density at radius 1 is 1.11 bits per heavy atom. The number of carbonyl (C=O) groups excluding carboxylic acids is 1. The van der Waals surface area contributed by atoms with Crippen molar-refractivity contribution in [1.29, 1.82) is 0 Å². The van der Waals surface area contributed by atoms with E-state index in [4.69, 9.17) is 0 Å². The third-order valence-corrected chi connectivity index (χ3v) is 5.81. The Kier molecular flexibility index (Phi) is 5.48. The van der Waals surface area contributed by atoms with Crippen LogP contribution in [-0.4, -0.2) is 20.7 Å². The summed E-state index contributed by atoms with van der Waals surface area (Å²) in [5, 5.41) is 12.6. The van der Waals surface area contributed by atoms with Crippen molar-refractivity contribution >= 4 is 17.7 Å². The van der Waals surface area contributed by atoms with Crippen molar-refractivity contribution in [3.05, 3.63) is 71.0 Å². The van der Waals surface area contributed by atoms with E-state index >= 15 is 0 Å². The average molecular weight is 393 g/mol. The molecule has 1 heterocycles. The molecular formula is C22H24N4OS. The zero-order valence-corrected chi connectivity index (χ0v) is 17.0. The van der Waals surface area contributed by atoms with Crippen LogP contribution in [0.2, 0.25) is 0 Å². The first-order chi connectivity index (χ1) is 13.6. The Labute approximate surface area is 169 Å². The van der Waals surface area contributed by atoms with Gasteiger partial charge in [0.15, 0.2) is 11.0 Å². The van der Waals surface area contributed by atoms with Crippen molar-refractivity contribution < 1.29 is 4.79 Å². The van der Waals surface area contributed by atoms with Gasteiger partial charge in [-0.15, -0.1) is 10.2 Å². The van der Waals surface area contributed by atoms with E-state index < -0.39 is 0 Å². The summed E-state index contributed by atoms with van der Waals surface area (Å²) in [6, 6.07) is 16.8. The van der Waals surface area contributed by atoms with Gasteiger partial charge in [0.2, 0.25) is 5.91 Å². The van der Waals surface area contributed by atoms with Crippen molar-refractivity contribution in [3.63, 3.8) is 0 Å². The van der Waals surface area contributed by atoms with E-state index in [1.807, 2.05) is 4.57 Å². The van der Waals surface area contributed by atoms with Crippen molar-refractivity contribution in [2.45, 2.75) is 44.1 Å². The zero-order chi connectivity index (χ0) is 19.5. The number of aryl methyl sites for hydroxylation is 2. The Morgan fingerprint density at radius 2 is 1.89 bits per heavy atom. The van der Waals surface area contributed by atoms with E-state index in [9.17, 15) is 4.79 Å². The molecule has 0 atom stereocenters. The Morgan fingerprint density at radius 3 is 2.61 bits per heavy atom. The predicted molar refractivity (Wildman–Crippen MR) is 111 cm³/mol. The summed E-state index contributed by atoms with van der Waals surface area (Å²) in [7, 11) is 0. The summed E-state index contributed by atoms with van der Waals surface area (Å²) < 4.78 is 2.05. The summed E-state index contributed by atoms with van der Waals surface area (Å²) >= 11 is 1.66. The van der Waals surface area contributed by atoms with Crippen LogP contribution in [0.5, 0.6) is 0 Å². The quantitative estimate of drug-likeness (QED) is 0.612. The molecule has 0 unspecified atom stereocenters. The molecule has 0 bridgehead atoms. The van der Waals surface area contributed by atoms with E-state index in [-0.39, 0.29) is 11.8 Å². The second-order valence-electron chi connectivity index (χ2n) is 7.34. The number of nitrogens with zero attached hydrogens (tertiary/aromatic N) is 3. The van der Waals surface area contributed by atoms with Gasteiger partial charge in [-0.25, -0.2) is 0 Å². The molecule has 1 amide bonds. The first-order valence-corrected chi connectivity index (χ1v) is 10.6. The number of amides is 1. The molecule has 1 saturated carbocycles. The summed E-state index contributed by atoms with van der Waals surface area (Å²) in [5.41, 5.74) is 4.72. The van der Waals surface area contributed by atoms with Crippen molar-refractivity contribution in [3.8, 4) is 5.69 Å². The fraction of sp³-hybridized carbons (Fsp3) is 0.318. The number of aromatic nitrogens is 3. The smallest absolute Gasteiger partial charge is 0.223 e. The largest absolute Gasteiger partial charge is 0.349 e. The fourth-order valence-corrected chi connectivity index (χ4v) is 3.98. The van der Waals surface area contributed by atoms with Crippen LogP contribution in [-0.2, 0) is 17.1 Å². The van der Waals surface area contributed by atoms with Crippen LogP contribution in [0.3, 0.4) is 0 Å². The predicted octanol–water partition coefficient (Wildman–Crippen LogP) is 4.20. The van der Waals surface area contributed by atoms with Crippen LogP contribution in [0.25, 0.3) is 5.69 Å². The SMILES string of the molecule is Cc1ccc(-n2c(CNC(=O)C3CC3)nnc2SCc2cccc(C)c2)cc1. The average Bonchev–Trinajstić information content (AvgIpc) is 3.46. The molecule has 6 heteroatoms. The van der Waals surface area contributed by atoms with E-state index in [2.05, 4.69) is 77.9 Å². The maximum absolute atomic E-state index is 12.0. The summed E-state index contributed by atoms with van der Waals surface area (Å²) in [6.07, 6.45) is 1.99. The summed E-state index contributed by atoms with van der Waals surface area (Å²) in [6.45, 7) is 4.56. The molecule has 1 N–H and O–H groups in total. The van der Waals surface area contributed by atoms with Gasteiger partial charge in [-0.3, -0.25) is 9.36 Å². The van der Waals surface area contributed by atoms with E-state index in [0.29, 0.717) is 6.54 Å². The topological polar surface area (TPSA) is 59.8 Å². The van der Waals surface area contributed by atoms with Crippen LogP contribution in [0, 0.1) is 19.8 Å². The van der Waals surface area contributed by atoms with Gasteiger partial charge in [-0.05, 0) is 44.4 Å². The molecular weight excluding hydrogens is 368 g/mol. The lowest BCUT2D eigenvalue weighted by molar-refractivity contribution is -0.122. The Balaban J connectivity index is 1.57. The minimum absolute atomic E-state index is 0.118. The number of thioether (sulfide) groups is 1. The first kappa shape index (κ1) is 18.7. The highest BCUT2D eigenvalue weighted by molar-refractivity contribution is 7.98. The van der Waals surface area contributed by atoms with Crippen molar-refractivity contribution in [1.82, 2.24) is 20.1 Å². The van der Waals surface area contributed by atoms with Gasteiger partial charge in [0.05, 0.1) is 6.54 Å². The second-order valence-corrected chi connectivity index (χ2v) is 8.28. The molecule has 2 aromatic carbocycles. The second kappa shape index (κ2) is 8.19. The van der Waals surface area contributed by atoms with Gasteiger partial charge < -0.3 is 5.32 Å². The molecule has 144 valence electrons. The molecule has 4 rings (SSSR count). The molecule has 0 saturated heterocycles. The van der Waals surface area contributed by atoms with Gasteiger partial charge in [-0.1, -0.05) is 59.3 Å². The summed E-state index contributed by atoms with van der Waals surface area (Å²) in [4.78, 5) is 12.0. The first-order valence-electron chi connectivity index (χ1n) is 9.57. The molecule has 1 aliphatic rings. The minimum Gasteiger partial charge on any atom is -0.349 e. The minimum atomic E-state index is 0.118. The molecule has 28 heavy (non-hydrogen) atoms. The van der Waals surface area contributed by atoms with Crippen LogP contribution in [0.15, 0.2) is 53.7 Å². The highest BCUT2D eigenvalue weighted by Gasteiger charge is 2.29. The number of hydrogen-bond donors (Lipinski definition) is 1. The number of benzene rings is 2. The van der Waals surface area contributed by atoms with Gasteiger partial charge in [0, 0.05) is 17.4 Å². The third-order valence-electron chi connectivity index (χ3n) is 4.81. The normalized spacial score (nSPS) is 13.5. The highest BCUT2D eigenvalue weighted by Crippen LogP contribution is 2.29. The van der Waals surface area contributed by atoms with Gasteiger partial charge >= 0.3 is 0 Å². The Bertz CT molecular complexity index is 976. The third kappa shape index (κ3) is 4.44. The van der Waals surface area contributed by atoms with Crippen molar-refractivity contribution in [2.24, 2.45) is 5.92 Å². The molecule has 0 spiro atoms. The van der Waals surface area contributed by atoms with E-state index in [1.165, 1.54) is 16.7 Å².